The molecule has 0 bridgehead atoms. The van der Waals surface area contributed by atoms with Crippen molar-refractivity contribution in [3.63, 3.8) is 0 Å². The van der Waals surface area contributed by atoms with Crippen molar-refractivity contribution >= 4 is 5.69 Å². The molecular weight excluding hydrogens is 178 g/mol. The minimum atomic E-state index is -0.0607. The summed E-state index contributed by atoms with van der Waals surface area (Å²) >= 11 is 0. The topological polar surface area (TPSA) is 52.9 Å². The Kier molecular flexibility index (Phi) is 2.13. The summed E-state index contributed by atoms with van der Waals surface area (Å²) in [5.41, 5.74) is 7.25. The molecule has 1 heterocycles. The van der Waals surface area contributed by atoms with Gasteiger partial charge in [-0.25, -0.2) is 0 Å². The monoisotopic (exact) mass is 195 g/mol. The van der Waals surface area contributed by atoms with E-state index in [-0.39, 0.29) is 5.56 Å². The summed E-state index contributed by atoms with van der Waals surface area (Å²) < 4.78 is 3.48. The number of hydrogen-bond acceptors (Lipinski definition) is 2. The molecule has 2 N–H and O–H groups in total. The van der Waals surface area contributed by atoms with Gasteiger partial charge in [-0.15, -0.1) is 0 Å². The fraction of sp³-hybridized carbons (Fsp3) is 0.700. The highest BCUT2D eigenvalue weighted by molar-refractivity contribution is 5.43. The van der Waals surface area contributed by atoms with E-state index in [1.165, 1.54) is 25.7 Å². The van der Waals surface area contributed by atoms with Crippen LogP contribution in [0.4, 0.5) is 5.69 Å². The number of anilines is 1. The van der Waals surface area contributed by atoms with E-state index in [0.29, 0.717) is 11.6 Å². The molecule has 0 saturated heterocycles. The maximum atomic E-state index is 11.6. The highest BCUT2D eigenvalue weighted by Gasteiger charge is 2.24. The highest BCUT2D eigenvalue weighted by atomic mass is 16.1. The molecule has 4 nitrogen and oxygen atoms in total. The minimum absolute atomic E-state index is 0.0607. The van der Waals surface area contributed by atoms with Gasteiger partial charge < -0.3 is 5.73 Å². The van der Waals surface area contributed by atoms with Gasteiger partial charge >= 0.3 is 0 Å². The Morgan fingerprint density at radius 2 is 1.79 bits per heavy atom. The van der Waals surface area contributed by atoms with E-state index < -0.39 is 0 Å². The third-order valence-electron chi connectivity index (χ3n) is 3.34. The van der Waals surface area contributed by atoms with Crippen LogP contribution in [-0.4, -0.2) is 9.36 Å². The van der Waals surface area contributed by atoms with Crippen LogP contribution < -0.4 is 11.3 Å². The molecule has 0 aromatic carbocycles. The Labute approximate surface area is 83.3 Å². The van der Waals surface area contributed by atoms with Gasteiger partial charge in [0.1, 0.15) is 5.69 Å². The van der Waals surface area contributed by atoms with Crippen LogP contribution >= 0.6 is 0 Å². The number of nitrogens with two attached hydrogens (primary N) is 1. The predicted octanol–water partition coefficient (Wildman–Crippen LogP) is 0.964. The molecule has 1 aliphatic carbocycles. The van der Waals surface area contributed by atoms with Crippen molar-refractivity contribution in [2.24, 2.45) is 14.1 Å². The number of aromatic nitrogens is 2. The number of hydrogen-bond donors (Lipinski definition) is 1. The predicted molar refractivity (Wildman–Crippen MR) is 56.3 cm³/mol. The molecular formula is C10H17N3O. The summed E-state index contributed by atoms with van der Waals surface area (Å²) in [5.74, 6) is 0.494. The van der Waals surface area contributed by atoms with Crippen LogP contribution in [0.2, 0.25) is 0 Å². The lowest BCUT2D eigenvalue weighted by molar-refractivity contribution is 0.527. The Morgan fingerprint density at radius 3 is 2.21 bits per heavy atom. The summed E-state index contributed by atoms with van der Waals surface area (Å²) in [4.78, 5) is 11.6. The standard InChI is InChI=1S/C10H17N3O/c1-12-9(7-5-3-4-6-7)8(11)10(14)13(12)2/h7H,3-6,11H2,1-2H3. The van der Waals surface area contributed by atoms with Crippen LogP contribution in [0.15, 0.2) is 4.79 Å². The Morgan fingerprint density at radius 1 is 1.21 bits per heavy atom. The fourth-order valence-electron chi connectivity index (χ4n) is 2.44. The molecule has 1 aromatic rings. The second-order valence-corrected chi connectivity index (χ2v) is 4.13. The van der Waals surface area contributed by atoms with Gasteiger partial charge in [0.15, 0.2) is 0 Å². The zero-order chi connectivity index (χ0) is 10.3. The third-order valence-corrected chi connectivity index (χ3v) is 3.34. The molecule has 78 valence electrons. The molecule has 0 aliphatic heterocycles. The zero-order valence-electron chi connectivity index (χ0n) is 8.79. The quantitative estimate of drug-likeness (QED) is 0.725. The van der Waals surface area contributed by atoms with Crippen molar-refractivity contribution in [1.82, 2.24) is 9.36 Å². The summed E-state index contributed by atoms with van der Waals surface area (Å²) in [6, 6.07) is 0. The summed E-state index contributed by atoms with van der Waals surface area (Å²) in [6.07, 6.45) is 4.85. The zero-order valence-corrected chi connectivity index (χ0v) is 8.79. The van der Waals surface area contributed by atoms with Gasteiger partial charge in [-0.1, -0.05) is 12.8 Å². The van der Waals surface area contributed by atoms with Gasteiger partial charge in [0, 0.05) is 20.0 Å². The first-order chi connectivity index (χ1) is 6.63. The van der Waals surface area contributed by atoms with E-state index in [2.05, 4.69) is 0 Å². The lowest BCUT2D eigenvalue weighted by atomic mass is 10.0. The maximum Gasteiger partial charge on any atom is 0.289 e. The molecule has 1 fully saturated rings. The van der Waals surface area contributed by atoms with Crippen LogP contribution in [-0.2, 0) is 14.1 Å². The van der Waals surface area contributed by atoms with E-state index in [1.807, 2.05) is 11.7 Å². The highest BCUT2D eigenvalue weighted by Crippen LogP contribution is 2.35. The average Bonchev–Trinajstić information content (AvgIpc) is 2.73. The van der Waals surface area contributed by atoms with Crippen molar-refractivity contribution < 1.29 is 0 Å². The van der Waals surface area contributed by atoms with Gasteiger partial charge in [-0.2, -0.15) is 0 Å². The van der Waals surface area contributed by atoms with Crippen LogP contribution in [0.25, 0.3) is 0 Å². The Bertz CT molecular complexity index is 396. The average molecular weight is 195 g/mol. The second-order valence-electron chi connectivity index (χ2n) is 4.13. The normalized spacial score (nSPS) is 17.9. The first kappa shape index (κ1) is 9.37. The largest absolute Gasteiger partial charge is 0.393 e. The molecule has 14 heavy (non-hydrogen) atoms. The number of nitrogen functional groups attached to an aromatic ring is 1. The van der Waals surface area contributed by atoms with Crippen LogP contribution in [0.5, 0.6) is 0 Å². The molecule has 0 unspecified atom stereocenters. The molecule has 1 saturated carbocycles. The molecule has 0 atom stereocenters. The molecule has 2 rings (SSSR count). The van der Waals surface area contributed by atoms with E-state index >= 15 is 0 Å². The lowest BCUT2D eigenvalue weighted by Crippen LogP contribution is -2.18. The molecule has 4 heteroatoms. The second kappa shape index (κ2) is 3.19. The van der Waals surface area contributed by atoms with Gasteiger partial charge in [-0.3, -0.25) is 14.2 Å². The van der Waals surface area contributed by atoms with Crippen molar-refractivity contribution in [2.75, 3.05) is 5.73 Å². The Hall–Kier alpha value is -1.19. The molecule has 0 amide bonds. The number of nitrogens with zero attached hydrogens (tertiary/aromatic N) is 2. The first-order valence-electron chi connectivity index (χ1n) is 5.14. The van der Waals surface area contributed by atoms with Crippen molar-refractivity contribution in [3.8, 4) is 0 Å². The summed E-state index contributed by atoms with van der Waals surface area (Å²) in [5, 5.41) is 0. The van der Waals surface area contributed by atoms with Crippen molar-refractivity contribution in [2.45, 2.75) is 31.6 Å². The SMILES string of the molecule is Cn1c(C2CCCC2)c(N)c(=O)n1C. The lowest BCUT2D eigenvalue weighted by Gasteiger charge is -2.12. The van der Waals surface area contributed by atoms with Crippen molar-refractivity contribution in [3.05, 3.63) is 16.0 Å². The van der Waals surface area contributed by atoms with Gasteiger partial charge in [-0.05, 0) is 12.8 Å². The fourth-order valence-corrected chi connectivity index (χ4v) is 2.44. The van der Waals surface area contributed by atoms with E-state index in [1.54, 1.807) is 11.7 Å². The molecule has 1 aromatic heterocycles. The number of rotatable bonds is 1. The molecule has 0 spiro atoms. The third kappa shape index (κ3) is 1.17. The first-order valence-corrected chi connectivity index (χ1v) is 5.14. The van der Waals surface area contributed by atoms with Crippen LogP contribution in [0.1, 0.15) is 37.3 Å². The Balaban J connectivity index is 2.51. The van der Waals surface area contributed by atoms with Gasteiger partial charge in [0.2, 0.25) is 0 Å². The van der Waals surface area contributed by atoms with Crippen LogP contribution in [0.3, 0.4) is 0 Å². The van der Waals surface area contributed by atoms with Gasteiger partial charge in [0.05, 0.1) is 5.69 Å². The van der Waals surface area contributed by atoms with E-state index in [9.17, 15) is 4.79 Å². The van der Waals surface area contributed by atoms with E-state index in [0.717, 1.165) is 5.69 Å². The summed E-state index contributed by atoms with van der Waals surface area (Å²) in [6.45, 7) is 0. The molecule has 1 aliphatic rings. The van der Waals surface area contributed by atoms with Crippen molar-refractivity contribution in [1.29, 1.82) is 0 Å². The van der Waals surface area contributed by atoms with Gasteiger partial charge in [0.25, 0.3) is 5.56 Å². The van der Waals surface area contributed by atoms with Crippen LogP contribution in [0, 0.1) is 0 Å². The maximum absolute atomic E-state index is 11.6. The van der Waals surface area contributed by atoms with E-state index in [4.69, 9.17) is 5.73 Å². The smallest absolute Gasteiger partial charge is 0.289 e. The minimum Gasteiger partial charge on any atom is -0.393 e. The summed E-state index contributed by atoms with van der Waals surface area (Å²) in [7, 11) is 3.67. The molecule has 0 radical (unpaired) electrons.